The van der Waals surface area contributed by atoms with Crippen LogP contribution in [0.15, 0.2) is 6.20 Å². The Morgan fingerprint density at radius 3 is 3.06 bits per heavy atom. The van der Waals surface area contributed by atoms with E-state index in [2.05, 4.69) is 27.2 Å². The molecule has 1 aliphatic rings. The number of hydrogen-bond acceptors (Lipinski definition) is 4. The summed E-state index contributed by atoms with van der Waals surface area (Å²) in [6, 6.07) is 0. The SMILES string of the molecule is Cc1cnc(C)c(NCC2CCCN(C)C2)n1. The van der Waals surface area contributed by atoms with Gasteiger partial charge in [0.05, 0.1) is 11.4 Å². The van der Waals surface area contributed by atoms with Gasteiger partial charge in [-0.2, -0.15) is 0 Å². The van der Waals surface area contributed by atoms with E-state index < -0.39 is 0 Å². The van der Waals surface area contributed by atoms with E-state index in [0.717, 1.165) is 29.7 Å². The van der Waals surface area contributed by atoms with Crippen LogP contribution in [0.25, 0.3) is 0 Å². The molecule has 0 spiro atoms. The van der Waals surface area contributed by atoms with Crippen LogP contribution in [-0.4, -0.2) is 41.5 Å². The van der Waals surface area contributed by atoms with Crippen molar-refractivity contribution < 1.29 is 0 Å². The highest BCUT2D eigenvalue weighted by atomic mass is 15.1. The Hall–Kier alpha value is -1.16. The maximum absolute atomic E-state index is 4.49. The Morgan fingerprint density at radius 2 is 2.29 bits per heavy atom. The Balaban J connectivity index is 1.90. The molecule has 1 unspecified atom stereocenters. The molecule has 1 fully saturated rings. The molecule has 2 rings (SSSR count). The van der Waals surface area contributed by atoms with Gasteiger partial charge in [0.15, 0.2) is 0 Å². The Morgan fingerprint density at radius 1 is 1.47 bits per heavy atom. The van der Waals surface area contributed by atoms with Crippen molar-refractivity contribution in [3.05, 3.63) is 17.6 Å². The zero-order chi connectivity index (χ0) is 12.3. The molecule has 1 saturated heterocycles. The summed E-state index contributed by atoms with van der Waals surface area (Å²) in [5.41, 5.74) is 1.96. The van der Waals surface area contributed by atoms with E-state index in [1.807, 2.05) is 20.0 Å². The maximum atomic E-state index is 4.49. The molecule has 17 heavy (non-hydrogen) atoms. The highest BCUT2D eigenvalue weighted by Crippen LogP contribution is 2.16. The second-order valence-electron chi connectivity index (χ2n) is 5.10. The fourth-order valence-corrected chi connectivity index (χ4v) is 2.39. The van der Waals surface area contributed by atoms with E-state index in [1.165, 1.54) is 25.9 Å². The molecule has 0 radical (unpaired) electrons. The van der Waals surface area contributed by atoms with E-state index in [1.54, 1.807) is 0 Å². The molecular weight excluding hydrogens is 212 g/mol. The molecule has 0 amide bonds. The topological polar surface area (TPSA) is 41.1 Å². The van der Waals surface area contributed by atoms with Gasteiger partial charge in [-0.1, -0.05) is 0 Å². The zero-order valence-electron chi connectivity index (χ0n) is 11.0. The van der Waals surface area contributed by atoms with E-state index in [9.17, 15) is 0 Å². The standard InChI is InChI=1S/C13H22N4/c1-10-7-14-11(2)13(16-10)15-8-12-5-4-6-17(3)9-12/h7,12H,4-6,8-9H2,1-3H3,(H,15,16). The van der Waals surface area contributed by atoms with Gasteiger partial charge in [-0.05, 0) is 46.2 Å². The summed E-state index contributed by atoms with van der Waals surface area (Å²) in [5, 5.41) is 3.44. The van der Waals surface area contributed by atoms with Gasteiger partial charge in [-0.15, -0.1) is 0 Å². The summed E-state index contributed by atoms with van der Waals surface area (Å²) in [6.07, 6.45) is 4.44. The van der Waals surface area contributed by atoms with Crippen LogP contribution in [0, 0.1) is 19.8 Å². The van der Waals surface area contributed by atoms with E-state index in [-0.39, 0.29) is 0 Å². The van der Waals surface area contributed by atoms with Crippen LogP contribution < -0.4 is 5.32 Å². The third-order valence-electron chi connectivity index (χ3n) is 3.36. The highest BCUT2D eigenvalue weighted by molar-refractivity contribution is 5.39. The molecule has 4 heteroatoms. The summed E-state index contributed by atoms with van der Waals surface area (Å²) in [6.45, 7) is 7.40. The summed E-state index contributed by atoms with van der Waals surface area (Å²) >= 11 is 0. The van der Waals surface area contributed by atoms with Crippen molar-refractivity contribution in [2.75, 3.05) is 32.0 Å². The first-order valence-electron chi connectivity index (χ1n) is 6.38. The predicted molar refractivity (Wildman–Crippen MR) is 70.2 cm³/mol. The summed E-state index contributed by atoms with van der Waals surface area (Å²) in [7, 11) is 2.20. The van der Waals surface area contributed by atoms with Crippen LogP contribution in [-0.2, 0) is 0 Å². The van der Waals surface area contributed by atoms with E-state index >= 15 is 0 Å². The molecule has 94 valence electrons. The second kappa shape index (κ2) is 5.45. The molecular formula is C13H22N4. The fourth-order valence-electron chi connectivity index (χ4n) is 2.39. The van der Waals surface area contributed by atoms with Gasteiger partial charge in [0.25, 0.3) is 0 Å². The Kier molecular flexibility index (Phi) is 3.94. The number of nitrogens with zero attached hydrogens (tertiary/aromatic N) is 3. The quantitative estimate of drug-likeness (QED) is 0.866. The average Bonchev–Trinajstić information content (AvgIpc) is 2.30. The lowest BCUT2D eigenvalue weighted by molar-refractivity contribution is 0.217. The number of likely N-dealkylation sites (tertiary alicyclic amines) is 1. The molecule has 1 aromatic rings. The van der Waals surface area contributed by atoms with E-state index in [4.69, 9.17) is 0 Å². The van der Waals surface area contributed by atoms with Crippen molar-refractivity contribution in [2.24, 2.45) is 5.92 Å². The third-order valence-corrected chi connectivity index (χ3v) is 3.36. The van der Waals surface area contributed by atoms with Crippen molar-refractivity contribution in [2.45, 2.75) is 26.7 Å². The van der Waals surface area contributed by atoms with Gasteiger partial charge in [-0.25, -0.2) is 4.98 Å². The third kappa shape index (κ3) is 3.40. The van der Waals surface area contributed by atoms with Gasteiger partial charge >= 0.3 is 0 Å². The van der Waals surface area contributed by atoms with Crippen LogP contribution in [0.2, 0.25) is 0 Å². The first-order chi connectivity index (χ1) is 8.15. The molecule has 1 N–H and O–H groups in total. The second-order valence-corrected chi connectivity index (χ2v) is 5.10. The first-order valence-corrected chi connectivity index (χ1v) is 6.38. The van der Waals surface area contributed by atoms with Crippen molar-refractivity contribution in [3.63, 3.8) is 0 Å². The first kappa shape index (κ1) is 12.3. The summed E-state index contributed by atoms with van der Waals surface area (Å²) < 4.78 is 0. The molecule has 4 nitrogen and oxygen atoms in total. The molecule has 0 aromatic carbocycles. The predicted octanol–water partition coefficient (Wildman–Crippen LogP) is 1.85. The molecule has 1 aliphatic heterocycles. The summed E-state index contributed by atoms with van der Waals surface area (Å²) in [4.78, 5) is 11.2. The van der Waals surface area contributed by atoms with Crippen molar-refractivity contribution in [1.82, 2.24) is 14.9 Å². The molecule has 2 heterocycles. The fraction of sp³-hybridized carbons (Fsp3) is 0.692. The van der Waals surface area contributed by atoms with Gasteiger partial charge < -0.3 is 10.2 Å². The van der Waals surface area contributed by atoms with Crippen molar-refractivity contribution in [3.8, 4) is 0 Å². The van der Waals surface area contributed by atoms with Crippen LogP contribution in [0.3, 0.4) is 0 Å². The van der Waals surface area contributed by atoms with Crippen LogP contribution in [0.4, 0.5) is 5.82 Å². The minimum Gasteiger partial charge on any atom is -0.368 e. The Bertz CT molecular complexity index is 378. The minimum absolute atomic E-state index is 0.732. The number of aromatic nitrogens is 2. The maximum Gasteiger partial charge on any atom is 0.147 e. The lowest BCUT2D eigenvalue weighted by atomic mass is 9.98. The highest BCUT2D eigenvalue weighted by Gasteiger charge is 2.17. The van der Waals surface area contributed by atoms with Gasteiger partial charge in [0, 0.05) is 19.3 Å². The lowest BCUT2D eigenvalue weighted by Gasteiger charge is -2.29. The molecule has 0 aliphatic carbocycles. The number of nitrogens with one attached hydrogen (secondary N) is 1. The van der Waals surface area contributed by atoms with Gasteiger partial charge in [-0.3, -0.25) is 4.98 Å². The number of aryl methyl sites for hydroxylation is 2. The van der Waals surface area contributed by atoms with Crippen molar-refractivity contribution >= 4 is 5.82 Å². The molecule has 0 saturated carbocycles. The van der Waals surface area contributed by atoms with Crippen LogP contribution in [0.5, 0.6) is 0 Å². The summed E-state index contributed by atoms with van der Waals surface area (Å²) in [5.74, 6) is 1.67. The zero-order valence-corrected chi connectivity index (χ0v) is 11.0. The average molecular weight is 234 g/mol. The van der Waals surface area contributed by atoms with Gasteiger partial charge in [0.2, 0.25) is 0 Å². The lowest BCUT2D eigenvalue weighted by Crippen LogP contribution is -2.35. The van der Waals surface area contributed by atoms with Crippen LogP contribution in [0.1, 0.15) is 24.2 Å². The number of rotatable bonds is 3. The van der Waals surface area contributed by atoms with Gasteiger partial charge in [0.1, 0.15) is 5.82 Å². The molecule has 0 bridgehead atoms. The van der Waals surface area contributed by atoms with Crippen LogP contribution >= 0.6 is 0 Å². The number of piperidine rings is 1. The molecule has 1 aromatic heterocycles. The van der Waals surface area contributed by atoms with Crippen molar-refractivity contribution in [1.29, 1.82) is 0 Å². The van der Waals surface area contributed by atoms with E-state index in [0.29, 0.717) is 0 Å². The normalized spacial score (nSPS) is 21.5. The number of anilines is 1. The largest absolute Gasteiger partial charge is 0.368 e. The number of hydrogen-bond donors (Lipinski definition) is 1. The molecule has 1 atom stereocenters. The smallest absolute Gasteiger partial charge is 0.147 e. The minimum atomic E-state index is 0.732. The Labute approximate surface area is 103 Å². The monoisotopic (exact) mass is 234 g/mol.